The molecule has 1 saturated heterocycles. The predicted octanol–water partition coefficient (Wildman–Crippen LogP) is 3.04. The highest BCUT2D eigenvalue weighted by Crippen LogP contribution is 2.51. The highest BCUT2D eigenvalue weighted by molar-refractivity contribution is 7.99. The van der Waals surface area contributed by atoms with Crippen LogP contribution in [0, 0.1) is 11.8 Å². The number of carboxylic acid groups (broad SMARTS) is 1. The maximum absolute atomic E-state index is 12.7. The zero-order valence-electron chi connectivity index (χ0n) is 19.1. The fraction of sp³-hybridized carbons (Fsp3) is 0.550. The van der Waals surface area contributed by atoms with E-state index in [-0.39, 0.29) is 23.6 Å². The van der Waals surface area contributed by atoms with Gasteiger partial charge in [-0.3, -0.25) is 4.79 Å². The van der Waals surface area contributed by atoms with Crippen molar-refractivity contribution in [2.24, 2.45) is 22.1 Å². The summed E-state index contributed by atoms with van der Waals surface area (Å²) in [5.41, 5.74) is 17.6. The largest absolute Gasteiger partial charge is 0.477 e. The molecule has 0 saturated carbocycles. The normalized spacial score (nSPS) is 22.0. The summed E-state index contributed by atoms with van der Waals surface area (Å²) in [6.07, 6.45) is 3.56. The Labute approximate surface area is 207 Å². The Morgan fingerprint density at radius 1 is 1.34 bits per heavy atom. The van der Waals surface area contributed by atoms with Crippen LogP contribution in [0.5, 0.6) is 0 Å². The average Bonchev–Trinajstić information content (AvgIpc) is 3.42. The van der Waals surface area contributed by atoms with Gasteiger partial charge in [-0.15, -0.1) is 0 Å². The van der Waals surface area contributed by atoms with Crippen LogP contribution in [-0.2, 0) is 16.1 Å². The number of β-lactam (4-membered cyclic amide) rings is 1. The summed E-state index contributed by atoms with van der Waals surface area (Å²) in [5.74, 6) is -1.83. The number of azide groups is 2. The number of carbonyl (C=O) groups is 2. The molecule has 2 N–H and O–H groups in total. The molecule has 2 aromatic heterocycles. The van der Waals surface area contributed by atoms with Crippen molar-refractivity contribution >= 4 is 45.4 Å². The maximum Gasteiger partial charge on any atom is 0.352 e. The predicted molar refractivity (Wildman–Crippen MR) is 128 cm³/mol. The number of hydrogen-bond donors (Lipinski definition) is 2. The standard InChI is InChI=1S/C20H23N9O4S2/c1-10-13(16(20(32)33)29-15(10)14(11(2)30)17(29)31)12-8-28-9-27(6-3-4-23-25-21)18(19(28)35-12)34-7-5-24-26-22/h8-11,14-15,30H,3-7H2,1-2H3/p+1/t10-,11+,14+,15+/m0/s1. The molecule has 4 heterocycles. The molecule has 0 bridgehead atoms. The molecule has 2 aliphatic heterocycles. The van der Waals surface area contributed by atoms with E-state index in [0.717, 1.165) is 14.7 Å². The molecule has 0 unspecified atom stereocenters. The number of rotatable bonds is 11. The van der Waals surface area contributed by atoms with Gasteiger partial charge in [0.1, 0.15) is 11.9 Å². The number of thiazole rings is 1. The number of imidazole rings is 1. The Morgan fingerprint density at radius 2 is 2.06 bits per heavy atom. The minimum atomic E-state index is -1.16. The third-order valence-electron chi connectivity index (χ3n) is 6.26. The SMILES string of the molecule is C[C@@H](O)[C@H]1C(=O)N2C(C(=O)O)=C(c3cn4c[n+](CCCN=[N+]=[N-])c(SCCN=[N+]=[N-])c4s3)[C@H](C)[C@H]12. The molecule has 15 heteroatoms. The van der Waals surface area contributed by atoms with Crippen LogP contribution in [0.1, 0.15) is 25.1 Å². The van der Waals surface area contributed by atoms with Crippen molar-refractivity contribution in [1.82, 2.24) is 9.30 Å². The zero-order chi connectivity index (χ0) is 25.3. The van der Waals surface area contributed by atoms with Gasteiger partial charge in [0.2, 0.25) is 15.8 Å². The number of aliphatic hydroxyl groups is 1. The number of amides is 1. The molecule has 0 spiro atoms. The maximum atomic E-state index is 12.7. The van der Waals surface area contributed by atoms with Gasteiger partial charge in [0.15, 0.2) is 0 Å². The highest BCUT2D eigenvalue weighted by Gasteiger charge is 2.60. The number of thioether (sulfide) groups is 1. The lowest BCUT2D eigenvalue weighted by Gasteiger charge is -2.46. The molecule has 0 aromatic carbocycles. The van der Waals surface area contributed by atoms with Gasteiger partial charge in [-0.1, -0.05) is 40.3 Å². The Morgan fingerprint density at radius 3 is 2.71 bits per heavy atom. The summed E-state index contributed by atoms with van der Waals surface area (Å²) < 4.78 is 3.96. The van der Waals surface area contributed by atoms with Gasteiger partial charge < -0.3 is 15.1 Å². The van der Waals surface area contributed by atoms with Gasteiger partial charge in [-0.05, 0) is 24.4 Å². The van der Waals surface area contributed by atoms with Crippen LogP contribution in [0.15, 0.2) is 33.5 Å². The van der Waals surface area contributed by atoms with Crippen LogP contribution in [0.2, 0.25) is 0 Å². The third kappa shape index (κ3) is 4.32. The fourth-order valence-corrected chi connectivity index (χ4v) is 7.22. The van der Waals surface area contributed by atoms with Crippen molar-refractivity contribution in [3.05, 3.63) is 44.0 Å². The Hall–Kier alpha value is -3.22. The quantitative estimate of drug-likeness (QED) is 0.0879. The number of aliphatic hydroxyl groups excluding tert-OH is 1. The number of fused-ring (bicyclic) bond motifs is 2. The van der Waals surface area contributed by atoms with E-state index in [4.69, 9.17) is 11.1 Å². The van der Waals surface area contributed by atoms with Crippen molar-refractivity contribution < 1.29 is 24.4 Å². The molecule has 2 aliphatic rings. The molecular formula is C20H24N9O4S2+. The Kier molecular flexibility index (Phi) is 7.24. The van der Waals surface area contributed by atoms with E-state index >= 15 is 0 Å². The second-order valence-corrected chi connectivity index (χ2v) is 10.5. The number of aromatic nitrogens is 2. The van der Waals surface area contributed by atoms with E-state index < -0.39 is 18.0 Å². The smallest absolute Gasteiger partial charge is 0.352 e. The van der Waals surface area contributed by atoms with E-state index in [9.17, 15) is 19.8 Å². The molecular weight excluding hydrogens is 494 g/mol. The first-order valence-electron chi connectivity index (χ1n) is 11.0. The lowest BCUT2D eigenvalue weighted by Crippen LogP contribution is -2.63. The zero-order valence-corrected chi connectivity index (χ0v) is 20.7. The van der Waals surface area contributed by atoms with Crippen LogP contribution >= 0.6 is 23.1 Å². The van der Waals surface area contributed by atoms with Gasteiger partial charge in [-0.25, -0.2) is 9.36 Å². The Balaban J connectivity index is 1.72. The average molecular weight is 519 g/mol. The van der Waals surface area contributed by atoms with Gasteiger partial charge >= 0.3 is 5.97 Å². The van der Waals surface area contributed by atoms with Crippen molar-refractivity contribution in [3.63, 3.8) is 0 Å². The first kappa shape index (κ1) is 24.9. The van der Waals surface area contributed by atoms with Crippen molar-refractivity contribution in [3.8, 4) is 0 Å². The van der Waals surface area contributed by atoms with Crippen molar-refractivity contribution in [1.29, 1.82) is 0 Å². The van der Waals surface area contributed by atoms with Crippen LogP contribution in [-0.4, -0.2) is 62.4 Å². The molecule has 1 amide bonds. The minimum absolute atomic E-state index is 0.0197. The molecule has 4 atom stereocenters. The molecule has 0 aliphatic carbocycles. The summed E-state index contributed by atoms with van der Waals surface area (Å²) in [6, 6.07) is -0.381. The van der Waals surface area contributed by atoms with E-state index in [1.165, 1.54) is 28.0 Å². The number of hydrogen-bond acceptors (Lipinski definition) is 7. The summed E-state index contributed by atoms with van der Waals surface area (Å²) in [7, 11) is 0. The van der Waals surface area contributed by atoms with Crippen LogP contribution in [0.4, 0.5) is 0 Å². The third-order valence-corrected chi connectivity index (χ3v) is 8.62. The Bertz CT molecular complexity index is 1300. The van der Waals surface area contributed by atoms with Gasteiger partial charge in [0, 0.05) is 40.2 Å². The lowest BCUT2D eigenvalue weighted by atomic mass is 9.77. The molecule has 184 valence electrons. The van der Waals surface area contributed by atoms with Crippen LogP contribution in [0.25, 0.3) is 31.3 Å². The summed E-state index contributed by atoms with van der Waals surface area (Å²) in [4.78, 5) is 33.4. The van der Waals surface area contributed by atoms with Crippen molar-refractivity contribution in [2.45, 2.75) is 44.0 Å². The van der Waals surface area contributed by atoms with Crippen molar-refractivity contribution in [2.75, 3.05) is 18.8 Å². The van der Waals surface area contributed by atoms with Gasteiger partial charge in [0.05, 0.1) is 29.5 Å². The summed E-state index contributed by atoms with van der Waals surface area (Å²) in [5, 5.41) is 28.1. The van der Waals surface area contributed by atoms with Crippen LogP contribution < -0.4 is 4.57 Å². The van der Waals surface area contributed by atoms with E-state index in [1.807, 2.05) is 28.4 Å². The number of aliphatic carboxylic acids is 1. The lowest BCUT2D eigenvalue weighted by molar-refractivity contribution is -0.729. The number of carbonyl (C=O) groups excluding carboxylic acids is 1. The van der Waals surface area contributed by atoms with Gasteiger partial charge in [-0.2, -0.15) is 4.40 Å². The van der Waals surface area contributed by atoms with Gasteiger partial charge in [0.25, 0.3) is 6.33 Å². The number of carboxylic acids is 1. The van der Waals surface area contributed by atoms with E-state index in [1.54, 1.807) is 6.92 Å². The summed E-state index contributed by atoms with van der Waals surface area (Å²) in [6.45, 7) is 4.75. The summed E-state index contributed by atoms with van der Waals surface area (Å²) >= 11 is 2.95. The minimum Gasteiger partial charge on any atom is -0.477 e. The second kappa shape index (κ2) is 10.2. The molecule has 2 aromatic rings. The monoisotopic (exact) mass is 518 g/mol. The first-order valence-corrected chi connectivity index (χ1v) is 12.8. The molecule has 0 radical (unpaired) electrons. The van der Waals surface area contributed by atoms with Crippen LogP contribution in [0.3, 0.4) is 0 Å². The highest BCUT2D eigenvalue weighted by atomic mass is 32.2. The first-order chi connectivity index (χ1) is 16.8. The molecule has 13 nitrogen and oxygen atoms in total. The van der Waals surface area contributed by atoms with E-state index in [2.05, 4.69) is 20.1 Å². The topological polar surface area (TPSA) is 184 Å². The number of aryl methyl sites for hydroxylation is 1. The molecule has 35 heavy (non-hydrogen) atoms. The van der Waals surface area contributed by atoms with E-state index in [0.29, 0.717) is 37.4 Å². The fourth-order valence-electron chi connectivity index (χ4n) is 4.84. The molecule has 1 fully saturated rings. The second-order valence-electron chi connectivity index (χ2n) is 8.35. The molecule has 4 rings (SSSR count). The number of nitrogens with zero attached hydrogens (tertiary/aromatic N) is 9.